The number of amides is 3. The summed E-state index contributed by atoms with van der Waals surface area (Å²) in [7, 11) is 9.55. The van der Waals surface area contributed by atoms with E-state index < -0.39 is 0 Å². The number of nitrogens with two attached hydrogens (primary N) is 3. The second-order valence-electron chi connectivity index (χ2n) is 21.2. The third-order valence-corrected chi connectivity index (χ3v) is 15.7. The van der Waals surface area contributed by atoms with E-state index in [1.807, 2.05) is 68.2 Å². The number of ether oxygens (including phenoxy) is 6. The molecule has 24 nitrogen and oxygen atoms in total. The predicted molar refractivity (Wildman–Crippen MR) is 347 cm³/mol. The standard InChI is InChI=1S/2C23H23N5O3.C22H21N5O3/c2*1-4-20(29)27-9-7-16(14-27)23-26-19(21-22(24)25-8-10-28(21)23)6-5-15-11-17(30-2)13-18(12-15)31-3;1-4-19(28)26-12-15(13-26)22-25-18(20-21(23)24-7-8-27(20)22)6-5-14-9-16(29-2)11-17(10-14)30-3/h2*4,8,10-13,16H,1,7,9,14H2,2-3H3,(H2,24,25);4,7-11,15H,1,12-13H2,2-3H3,(H2,23,24)/t2*16-;/m10./s1. The van der Waals surface area contributed by atoms with Crippen molar-refractivity contribution >= 4 is 51.7 Å². The summed E-state index contributed by atoms with van der Waals surface area (Å²) in [5.41, 5.74) is 24.2. The van der Waals surface area contributed by atoms with Crippen LogP contribution in [0.2, 0.25) is 0 Å². The number of nitrogens with zero attached hydrogens (tertiary/aromatic N) is 12. The number of benzene rings is 3. The van der Waals surface area contributed by atoms with E-state index in [2.05, 4.69) is 70.2 Å². The smallest absolute Gasteiger partial charge is 0.246 e. The monoisotopic (exact) mass is 1240 g/mol. The summed E-state index contributed by atoms with van der Waals surface area (Å²) in [4.78, 5) is 67.9. The zero-order valence-electron chi connectivity index (χ0n) is 51.7. The summed E-state index contributed by atoms with van der Waals surface area (Å²) in [6.45, 7) is 14.3. The molecule has 92 heavy (non-hydrogen) atoms. The fourth-order valence-electron chi connectivity index (χ4n) is 11.0. The van der Waals surface area contributed by atoms with E-state index in [0.717, 1.165) is 47.0 Å². The Morgan fingerprint density at radius 3 is 0.978 bits per heavy atom. The number of hydrogen-bond donors (Lipinski definition) is 3. The number of fused-ring (bicyclic) bond motifs is 3. The lowest BCUT2D eigenvalue weighted by Crippen LogP contribution is -2.48. The first-order chi connectivity index (χ1) is 44.6. The zero-order chi connectivity index (χ0) is 65.2. The van der Waals surface area contributed by atoms with Crippen LogP contribution in [0.3, 0.4) is 0 Å². The van der Waals surface area contributed by atoms with Crippen LogP contribution in [-0.4, -0.2) is 157 Å². The van der Waals surface area contributed by atoms with E-state index in [4.69, 9.17) is 60.6 Å². The topological polar surface area (TPSA) is 285 Å². The van der Waals surface area contributed by atoms with Crippen LogP contribution in [0.5, 0.6) is 34.5 Å². The second-order valence-corrected chi connectivity index (χ2v) is 21.2. The number of hydrogen-bond acceptors (Lipinski definition) is 18. The maximum atomic E-state index is 12.0. The first-order valence-electron chi connectivity index (χ1n) is 29.0. The maximum absolute atomic E-state index is 12.0. The molecule has 3 aliphatic rings. The van der Waals surface area contributed by atoms with Gasteiger partial charge >= 0.3 is 0 Å². The molecule has 0 radical (unpaired) electrons. The van der Waals surface area contributed by atoms with E-state index in [9.17, 15) is 14.4 Å². The van der Waals surface area contributed by atoms with Crippen LogP contribution < -0.4 is 45.6 Å². The molecule has 0 spiro atoms. The minimum absolute atomic E-state index is 0.0727. The molecule has 3 amide bonds. The normalized spacial score (nSPS) is 14.7. The molecule has 0 aliphatic carbocycles. The summed E-state index contributed by atoms with van der Waals surface area (Å²) >= 11 is 0. The van der Waals surface area contributed by atoms with Gasteiger partial charge in [0.1, 0.15) is 85.6 Å². The molecule has 6 N–H and O–H groups in total. The van der Waals surface area contributed by atoms with Crippen molar-refractivity contribution in [3.8, 4) is 70.0 Å². The number of imidazole rings is 3. The lowest BCUT2D eigenvalue weighted by atomic mass is 9.99. The molecule has 3 aliphatic heterocycles. The first kappa shape index (κ1) is 63.1. The Kier molecular flexibility index (Phi) is 19.2. The van der Waals surface area contributed by atoms with Crippen molar-refractivity contribution in [1.29, 1.82) is 0 Å². The van der Waals surface area contributed by atoms with Gasteiger partial charge in [-0.1, -0.05) is 37.5 Å². The average molecular weight is 1240 g/mol. The Hall–Kier alpha value is -12.0. The number of carbonyl (C=O) groups is 3. The molecule has 468 valence electrons. The number of anilines is 3. The molecule has 3 aromatic carbocycles. The van der Waals surface area contributed by atoms with Gasteiger partial charge < -0.3 is 60.3 Å². The van der Waals surface area contributed by atoms with Crippen LogP contribution in [-0.2, 0) is 14.4 Å². The third kappa shape index (κ3) is 13.5. The number of likely N-dealkylation sites (tertiary alicyclic amines) is 3. The average Bonchev–Trinajstić information content (AvgIpc) is 1.68. The van der Waals surface area contributed by atoms with Crippen molar-refractivity contribution in [1.82, 2.24) is 57.8 Å². The van der Waals surface area contributed by atoms with Gasteiger partial charge in [-0.25, -0.2) is 29.9 Å². The van der Waals surface area contributed by atoms with E-state index in [-0.39, 0.29) is 35.5 Å². The van der Waals surface area contributed by atoms with Gasteiger partial charge in [-0.15, -0.1) is 0 Å². The maximum Gasteiger partial charge on any atom is 0.246 e. The van der Waals surface area contributed by atoms with Gasteiger partial charge in [-0.3, -0.25) is 27.6 Å². The second kappa shape index (κ2) is 28.0. The first-order valence-corrected chi connectivity index (χ1v) is 29.0. The highest BCUT2D eigenvalue weighted by molar-refractivity contribution is 5.88. The molecule has 0 bridgehead atoms. The van der Waals surface area contributed by atoms with Crippen LogP contribution in [0.4, 0.5) is 17.5 Å². The Morgan fingerprint density at radius 2 is 0.696 bits per heavy atom. The van der Waals surface area contributed by atoms with Crippen molar-refractivity contribution in [2.75, 3.05) is 99.1 Å². The minimum atomic E-state index is -0.0831. The Labute approximate surface area is 530 Å². The van der Waals surface area contributed by atoms with Crippen molar-refractivity contribution in [3.05, 3.63) is 181 Å². The largest absolute Gasteiger partial charge is 0.497 e. The predicted octanol–water partition coefficient (Wildman–Crippen LogP) is 6.30. The van der Waals surface area contributed by atoms with Gasteiger partial charge in [0.05, 0.1) is 48.6 Å². The van der Waals surface area contributed by atoms with Crippen molar-refractivity contribution < 1.29 is 42.8 Å². The fourth-order valence-corrected chi connectivity index (χ4v) is 11.0. The number of nitrogen functional groups attached to an aromatic ring is 3. The van der Waals surface area contributed by atoms with Crippen molar-refractivity contribution in [2.45, 2.75) is 30.6 Å². The molecule has 2 atom stereocenters. The van der Waals surface area contributed by atoms with E-state index in [1.54, 1.807) is 94.1 Å². The van der Waals surface area contributed by atoms with E-state index in [0.29, 0.717) is 125 Å². The molecular weight excluding hydrogens is 1170 g/mol. The number of carbonyl (C=O) groups excluding carboxylic acids is 3. The van der Waals surface area contributed by atoms with Gasteiger partial charge in [0.2, 0.25) is 17.7 Å². The van der Waals surface area contributed by atoms with Gasteiger partial charge in [0.15, 0.2) is 17.5 Å². The number of rotatable bonds is 12. The summed E-state index contributed by atoms with van der Waals surface area (Å²) < 4.78 is 37.6. The summed E-state index contributed by atoms with van der Waals surface area (Å²) in [6.07, 6.45) is 16.0. The molecule has 9 heterocycles. The highest BCUT2D eigenvalue weighted by Crippen LogP contribution is 2.34. The van der Waals surface area contributed by atoms with Crippen molar-refractivity contribution in [2.24, 2.45) is 0 Å². The summed E-state index contributed by atoms with van der Waals surface area (Å²) in [6, 6.07) is 16.3. The van der Waals surface area contributed by atoms with E-state index >= 15 is 0 Å². The molecular formula is C68H67N15O9. The zero-order valence-corrected chi connectivity index (χ0v) is 51.7. The van der Waals surface area contributed by atoms with Crippen LogP contribution in [0.15, 0.2) is 130 Å². The molecule has 0 unspecified atom stereocenters. The van der Waals surface area contributed by atoms with Crippen LogP contribution >= 0.6 is 0 Å². The van der Waals surface area contributed by atoms with Gasteiger partial charge in [0.25, 0.3) is 0 Å². The Morgan fingerprint density at radius 1 is 0.424 bits per heavy atom. The molecule has 9 aromatic rings. The molecule has 3 fully saturated rings. The Bertz CT molecular complexity index is 4290. The van der Waals surface area contributed by atoms with Crippen LogP contribution in [0.1, 0.15) is 81.8 Å². The summed E-state index contributed by atoms with van der Waals surface area (Å²) in [5.74, 6) is 26.1. The van der Waals surface area contributed by atoms with Gasteiger partial charge in [0, 0.05) is 123 Å². The van der Waals surface area contributed by atoms with Gasteiger partial charge in [-0.2, -0.15) is 0 Å². The van der Waals surface area contributed by atoms with Crippen LogP contribution in [0, 0.1) is 35.5 Å². The van der Waals surface area contributed by atoms with Crippen molar-refractivity contribution in [3.63, 3.8) is 0 Å². The fraction of sp³-hybridized carbons (Fsp3) is 0.250. The van der Waals surface area contributed by atoms with Crippen LogP contribution in [0.25, 0.3) is 16.6 Å². The summed E-state index contributed by atoms with van der Waals surface area (Å²) in [5, 5.41) is 0. The van der Waals surface area contributed by atoms with Gasteiger partial charge in [-0.05, 0) is 85.2 Å². The molecule has 12 rings (SSSR count). The minimum Gasteiger partial charge on any atom is -0.497 e. The number of aromatic nitrogens is 9. The quantitative estimate of drug-likeness (QED) is 0.0893. The van der Waals surface area contributed by atoms with E-state index in [1.165, 1.54) is 18.2 Å². The third-order valence-electron chi connectivity index (χ3n) is 15.7. The molecule has 0 saturated carbocycles. The Balaban J connectivity index is 0.000000151. The number of methoxy groups -OCH3 is 6. The molecule has 3 saturated heterocycles. The SMILES string of the molecule is C=CC(=O)N1CC(c2nc(C#Cc3cc(OC)cc(OC)c3)c3c(N)nccn23)C1.C=CC(=O)N1CC[C@@H](c2nc(C#Cc3cc(OC)cc(OC)c3)c3c(N)nccn23)C1.C=CC(=O)N1CC[C@H](c2nc(C#Cc3cc(OC)cc(OC)c3)c3c(N)nccn23)C1. The molecule has 24 heteroatoms. The lowest BCUT2D eigenvalue weighted by Gasteiger charge is -2.37. The highest BCUT2D eigenvalue weighted by atomic mass is 16.5. The lowest BCUT2D eigenvalue weighted by molar-refractivity contribution is -0.130. The molecule has 6 aromatic heterocycles. The highest BCUT2D eigenvalue weighted by Gasteiger charge is 2.35.